The van der Waals surface area contributed by atoms with Crippen LogP contribution in [-0.2, 0) is 0 Å². The van der Waals surface area contributed by atoms with Crippen LogP contribution in [0.3, 0.4) is 0 Å². The highest BCUT2D eigenvalue weighted by Crippen LogP contribution is 2.35. The maximum Gasteiger partial charge on any atom is 0.135 e. The van der Waals surface area contributed by atoms with Crippen molar-refractivity contribution < 1.29 is 9.52 Å². The van der Waals surface area contributed by atoms with Crippen LogP contribution in [0.4, 0.5) is 0 Å². The van der Waals surface area contributed by atoms with Crippen molar-refractivity contribution in [1.82, 2.24) is 4.90 Å². The van der Waals surface area contributed by atoms with E-state index in [1.54, 1.807) is 0 Å². The average molecular weight is 259 g/mol. The van der Waals surface area contributed by atoms with Crippen molar-refractivity contribution in [3.8, 4) is 0 Å². The van der Waals surface area contributed by atoms with E-state index in [9.17, 15) is 5.11 Å². The molecule has 0 bridgehead atoms. The number of aliphatic hydroxyl groups is 1. The molecule has 2 heterocycles. The zero-order valence-corrected chi connectivity index (χ0v) is 11.6. The molecule has 1 aliphatic heterocycles. The fourth-order valence-electron chi connectivity index (χ4n) is 2.95. The first-order chi connectivity index (χ1) is 9.09. The van der Waals surface area contributed by atoms with E-state index >= 15 is 0 Å². The fraction of sp³-hybridized carbons (Fsp3) is 0.500. The molecule has 0 amide bonds. The minimum atomic E-state index is -0.599. The van der Waals surface area contributed by atoms with Gasteiger partial charge in [-0.1, -0.05) is 18.2 Å². The fourth-order valence-corrected chi connectivity index (χ4v) is 2.95. The lowest BCUT2D eigenvalue weighted by Gasteiger charge is -2.38. The van der Waals surface area contributed by atoms with Crippen LogP contribution in [0.25, 0.3) is 11.0 Å². The number of aliphatic hydroxyl groups excluding tert-OH is 1. The van der Waals surface area contributed by atoms with Crippen LogP contribution in [0.5, 0.6) is 0 Å². The third kappa shape index (κ3) is 2.17. The smallest absolute Gasteiger partial charge is 0.135 e. The number of fused-ring (bicyclic) bond motifs is 1. The van der Waals surface area contributed by atoms with Crippen LogP contribution >= 0.6 is 0 Å². The Morgan fingerprint density at radius 2 is 1.89 bits per heavy atom. The third-order valence-electron chi connectivity index (χ3n) is 4.30. The summed E-state index contributed by atoms with van der Waals surface area (Å²) in [6, 6.07) is 9.84. The Balaban J connectivity index is 1.91. The molecule has 0 saturated carbocycles. The summed E-state index contributed by atoms with van der Waals surface area (Å²) in [6.45, 7) is 6.31. The van der Waals surface area contributed by atoms with E-state index in [2.05, 4.69) is 18.7 Å². The maximum absolute atomic E-state index is 10.7. The number of likely N-dealkylation sites (tertiary alicyclic amines) is 1. The Kier molecular flexibility index (Phi) is 3.11. The Hall–Kier alpha value is -1.32. The molecule has 1 aromatic heterocycles. The van der Waals surface area contributed by atoms with Gasteiger partial charge in [-0.3, -0.25) is 4.90 Å². The topological polar surface area (TPSA) is 36.6 Å². The van der Waals surface area contributed by atoms with Crippen LogP contribution in [-0.4, -0.2) is 28.6 Å². The summed E-state index contributed by atoms with van der Waals surface area (Å²) in [5.41, 5.74) is 0.554. The Morgan fingerprint density at radius 3 is 2.58 bits per heavy atom. The zero-order valence-electron chi connectivity index (χ0n) is 11.6. The molecule has 3 rings (SSSR count). The van der Waals surface area contributed by atoms with Gasteiger partial charge >= 0.3 is 0 Å². The predicted molar refractivity (Wildman–Crippen MR) is 76.1 cm³/mol. The van der Waals surface area contributed by atoms with Gasteiger partial charge in [0.1, 0.15) is 17.4 Å². The Morgan fingerprint density at radius 1 is 1.21 bits per heavy atom. The molecule has 2 aromatic rings. The van der Waals surface area contributed by atoms with Crippen molar-refractivity contribution >= 4 is 11.0 Å². The monoisotopic (exact) mass is 259 g/mol. The minimum Gasteiger partial charge on any atom is -0.458 e. The van der Waals surface area contributed by atoms with Crippen molar-refractivity contribution in [1.29, 1.82) is 0 Å². The second-order valence-electron chi connectivity index (χ2n) is 5.94. The quantitative estimate of drug-likeness (QED) is 0.918. The van der Waals surface area contributed by atoms with E-state index in [1.807, 2.05) is 30.3 Å². The van der Waals surface area contributed by atoms with Gasteiger partial charge in [0, 0.05) is 10.9 Å². The number of rotatable bonds is 3. The standard InChI is InChI=1S/C16H21NO2/c1-16(2,17-9-5-6-10-17)15(18)14-11-12-7-3-4-8-13(12)19-14/h3-4,7-8,11,15,18H,5-6,9-10H2,1-2H3. The van der Waals surface area contributed by atoms with Gasteiger partial charge in [0.05, 0.1) is 0 Å². The molecular weight excluding hydrogens is 238 g/mol. The average Bonchev–Trinajstić information content (AvgIpc) is 3.06. The summed E-state index contributed by atoms with van der Waals surface area (Å²) in [7, 11) is 0. The maximum atomic E-state index is 10.7. The summed E-state index contributed by atoms with van der Waals surface area (Å²) >= 11 is 0. The highest BCUT2D eigenvalue weighted by molar-refractivity contribution is 5.77. The Labute approximate surface area is 113 Å². The zero-order chi connectivity index (χ0) is 13.5. The van der Waals surface area contributed by atoms with Gasteiger partial charge in [-0.15, -0.1) is 0 Å². The molecule has 0 radical (unpaired) electrons. The van der Waals surface area contributed by atoms with Crippen molar-refractivity contribution in [3.05, 3.63) is 36.1 Å². The molecule has 0 aliphatic carbocycles. The van der Waals surface area contributed by atoms with E-state index in [4.69, 9.17) is 4.42 Å². The lowest BCUT2D eigenvalue weighted by molar-refractivity contribution is -0.0102. The summed E-state index contributed by atoms with van der Waals surface area (Å²) < 4.78 is 5.80. The van der Waals surface area contributed by atoms with Crippen LogP contribution in [0.2, 0.25) is 0 Å². The predicted octanol–water partition coefficient (Wildman–Crippen LogP) is 3.34. The van der Waals surface area contributed by atoms with Crippen molar-refractivity contribution in [2.75, 3.05) is 13.1 Å². The molecule has 3 heteroatoms. The lowest BCUT2D eigenvalue weighted by Crippen LogP contribution is -2.46. The van der Waals surface area contributed by atoms with Gasteiger partial charge in [0.25, 0.3) is 0 Å². The van der Waals surface area contributed by atoms with Gasteiger partial charge in [0.2, 0.25) is 0 Å². The highest BCUT2D eigenvalue weighted by Gasteiger charge is 2.38. The van der Waals surface area contributed by atoms with Crippen molar-refractivity contribution in [2.24, 2.45) is 0 Å². The normalized spacial score (nSPS) is 19.1. The second kappa shape index (κ2) is 4.66. The van der Waals surface area contributed by atoms with Crippen LogP contribution in [0.1, 0.15) is 38.6 Å². The SMILES string of the molecule is CC(C)(C(O)c1cc2ccccc2o1)N1CCCC1. The van der Waals surface area contributed by atoms with Crippen molar-refractivity contribution in [2.45, 2.75) is 38.3 Å². The van der Waals surface area contributed by atoms with Gasteiger partial charge < -0.3 is 9.52 Å². The number of hydrogen-bond acceptors (Lipinski definition) is 3. The molecule has 0 spiro atoms. The summed E-state index contributed by atoms with van der Waals surface area (Å²) in [4.78, 5) is 2.35. The third-order valence-corrected chi connectivity index (χ3v) is 4.30. The first-order valence-corrected chi connectivity index (χ1v) is 7.00. The van der Waals surface area contributed by atoms with Crippen LogP contribution < -0.4 is 0 Å². The molecule has 1 N–H and O–H groups in total. The Bertz CT molecular complexity index is 534. The van der Waals surface area contributed by atoms with Gasteiger partial charge in [0.15, 0.2) is 0 Å². The highest BCUT2D eigenvalue weighted by atomic mass is 16.4. The second-order valence-corrected chi connectivity index (χ2v) is 5.94. The minimum absolute atomic E-state index is 0.287. The van der Waals surface area contributed by atoms with Crippen LogP contribution in [0, 0.1) is 0 Å². The molecule has 3 nitrogen and oxygen atoms in total. The van der Waals surface area contributed by atoms with E-state index in [0.29, 0.717) is 5.76 Å². The van der Waals surface area contributed by atoms with Crippen LogP contribution in [0.15, 0.2) is 34.7 Å². The molecule has 1 atom stereocenters. The number of hydrogen-bond donors (Lipinski definition) is 1. The van der Waals surface area contributed by atoms with E-state index in [-0.39, 0.29) is 5.54 Å². The molecule has 102 valence electrons. The molecule has 19 heavy (non-hydrogen) atoms. The van der Waals surface area contributed by atoms with E-state index in [0.717, 1.165) is 24.1 Å². The summed E-state index contributed by atoms with van der Waals surface area (Å²) in [5, 5.41) is 11.7. The van der Waals surface area contributed by atoms with Gasteiger partial charge in [-0.25, -0.2) is 0 Å². The van der Waals surface area contributed by atoms with Gasteiger partial charge in [-0.2, -0.15) is 0 Å². The summed E-state index contributed by atoms with van der Waals surface area (Å²) in [5.74, 6) is 0.665. The molecule has 1 fully saturated rings. The molecule has 1 saturated heterocycles. The van der Waals surface area contributed by atoms with Crippen molar-refractivity contribution in [3.63, 3.8) is 0 Å². The first kappa shape index (κ1) is 12.7. The first-order valence-electron chi connectivity index (χ1n) is 7.00. The number of nitrogens with zero attached hydrogens (tertiary/aromatic N) is 1. The molecule has 1 aromatic carbocycles. The largest absolute Gasteiger partial charge is 0.458 e. The lowest BCUT2D eigenvalue weighted by atomic mass is 9.93. The molecule has 1 aliphatic rings. The number of benzene rings is 1. The van der Waals surface area contributed by atoms with Gasteiger partial charge in [-0.05, 0) is 51.9 Å². The number of para-hydroxylation sites is 1. The number of furan rings is 1. The summed E-state index contributed by atoms with van der Waals surface area (Å²) in [6.07, 6.45) is 1.84. The molecule has 1 unspecified atom stereocenters. The molecular formula is C16H21NO2. The van der Waals surface area contributed by atoms with E-state index in [1.165, 1.54) is 12.8 Å². The van der Waals surface area contributed by atoms with E-state index < -0.39 is 6.10 Å².